The molecule has 1 heterocycles. The minimum absolute atomic E-state index is 0.00471. The van der Waals surface area contributed by atoms with Crippen molar-refractivity contribution in [2.24, 2.45) is 0 Å². The Bertz CT molecular complexity index is 621. The second-order valence-corrected chi connectivity index (χ2v) is 7.50. The van der Waals surface area contributed by atoms with Gasteiger partial charge < -0.3 is 24.6 Å². The highest BCUT2D eigenvalue weighted by Gasteiger charge is 2.20. The lowest BCUT2D eigenvalue weighted by atomic mass is 10.0. The zero-order valence-electron chi connectivity index (χ0n) is 16.3. The molecular weight excluding hydrogens is 366 g/mol. The normalized spacial score (nSPS) is 15.5. The molecule has 1 aromatic rings. The molecule has 0 saturated carbocycles. The molecule has 1 atom stereocenters. The Morgan fingerprint density at radius 2 is 1.96 bits per heavy atom. The van der Waals surface area contributed by atoms with Crippen molar-refractivity contribution in [1.82, 2.24) is 15.1 Å². The highest BCUT2D eigenvalue weighted by atomic mass is 32.2. The largest absolute Gasteiger partial charge is 0.496 e. The van der Waals surface area contributed by atoms with Gasteiger partial charge in [-0.1, -0.05) is 18.2 Å². The van der Waals surface area contributed by atoms with E-state index in [1.54, 1.807) is 12.0 Å². The Morgan fingerprint density at radius 1 is 1.26 bits per heavy atom. The molecule has 1 N–H and O–H groups in total. The van der Waals surface area contributed by atoms with Gasteiger partial charge in [-0.15, -0.1) is 11.8 Å². The van der Waals surface area contributed by atoms with Crippen molar-refractivity contribution in [1.29, 1.82) is 0 Å². The number of para-hydroxylation sites is 1. The smallest absolute Gasteiger partial charge is 0.232 e. The third kappa shape index (κ3) is 6.71. The molecule has 1 aliphatic heterocycles. The molecule has 0 radical (unpaired) electrons. The second kappa shape index (κ2) is 11.2. The molecule has 2 amide bonds. The molecule has 0 aromatic heterocycles. The molecule has 8 heteroatoms. The van der Waals surface area contributed by atoms with Crippen molar-refractivity contribution in [3.05, 3.63) is 29.8 Å². The first-order chi connectivity index (χ1) is 13.0. The molecule has 1 saturated heterocycles. The Labute approximate surface area is 165 Å². The van der Waals surface area contributed by atoms with E-state index < -0.39 is 0 Å². The molecule has 27 heavy (non-hydrogen) atoms. The summed E-state index contributed by atoms with van der Waals surface area (Å²) in [5.41, 5.74) is 1.03. The molecule has 7 nitrogen and oxygen atoms in total. The first kappa shape index (κ1) is 21.5. The summed E-state index contributed by atoms with van der Waals surface area (Å²) in [5, 5.41) is 2.97. The maximum Gasteiger partial charge on any atom is 0.232 e. The fourth-order valence-electron chi connectivity index (χ4n) is 2.91. The number of hydrogen-bond acceptors (Lipinski definition) is 6. The summed E-state index contributed by atoms with van der Waals surface area (Å²) in [7, 11) is 5.59. The van der Waals surface area contributed by atoms with Crippen LogP contribution in [0.1, 0.15) is 11.6 Å². The van der Waals surface area contributed by atoms with Crippen LogP contribution in [0.3, 0.4) is 0 Å². The Morgan fingerprint density at radius 3 is 2.63 bits per heavy atom. The van der Waals surface area contributed by atoms with Crippen molar-refractivity contribution >= 4 is 23.6 Å². The van der Waals surface area contributed by atoms with Crippen LogP contribution in [-0.2, 0) is 14.3 Å². The number of amides is 2. The SMILES string of the molecule is COc1ccccc1C(CNC(=O)CSCC(=O)N1CCOCC1)N(C)C. The van der Waals surface area contributed by atoms with Crippen molar-refractivity contribution in [2.45, 2.75) is 6.04 Å². The van der Waals surface area contributed by atoms with Gasteiger partial charge in [0.2, 0.25) is 11.8 Å². The van der Waals surface area contributed by atoms with Crippen LogP contribution < -0.4 is 10.1 Å². The summed E-state index contributed by atoms with van der Waals surface area (Å²) < 4.78 is 10.7. The highest BCUT2D eigenvalue weighted by Crippen LogP contribution is 2.27. The molecule has 150 valence electrons. The number of morpholine rings is 1. The number of nitrogens with one attached hydrogen (secondary N) is 1. The first-order valence-corrected chi connectivity index (χ1v) is 10.2. The van der Waals surface area contributed by atoms with Crippen molar-refractivity contribution in [2.75, 3.05) is 65.6 Å². The van der Waals surface area contributed by atoms with Gasteiger partial charge in [-0.3, -0.25) is 9.59 Å². The Hall–Kier alpha value is -1.77. The molecule has 1 unspecified atom stereocenters. The van der Waals surface area contributed by atoms with E-state index in [1.807, 2.05) is 43.3 Å². The van der Waals surface area contributed by atoms with Crippen molar-refractivity contribution in [3.63, 3.8) is 0 Å². The minimum Gasteiger partial charge on any atom is -0.496 e. The van der Waals surface area contributed by atoms with E-state index in [-0.39, 0.29) is 23.6 Å². The van der Waals surface area contributed by atoms with Crippen molar-refractivity contribution in [3.8, 4) is 5.75 Å². The maximum absolute atomic E-state index is 12.2. The number of carbonyl (C=O) groups is 2. The summed E-state index contributed by atoms with van der Waals surface area (Å²) in [6.45, 7) is 2.92. The lowest BCUT2D eigenvalue weighted by Crippen LogP contribution is -2.41. The topological polar surface area (TPSA) is 71.1 Å². The van der Waals surface area contributed by atoms with Crippen LogP contribution in [0.2, 0.25) is 0 Å². The number of likely N-dealkylation sites (N-methyl/N-ethyl adjacent to an activating group) is 1. The average molecular weight is 396 g/mol. The van der Waals surface area contributed by atoms with Crippen LogP contribution >= 0.6 is 11.8 Å². The number of benzene rings is 1. The van der Waals surface area contributed by atoms with Crippen LogP contribution in [0, 0.1) is 0 Å². The summed E-state index contributed by atoms with van der Waals surface area (Å²) in [4.78, 5) is 28.1. The summed E-state index contributed by atoms with van der Waals surface area (Å²) in [6, 6.07) is 7.82. The molecule has 1 aromatic carbocycles. The number of rotatable bonds is 9. The second-order valence-electron chi connectivity index (χ2n) is 6.51. The van der Waals surface area contributed by atoms with E-state index in [1.165, 1.54) is 11.8 Å². The average Bonchev–Trinajstić information content (AvgIpc) is 2.68. The zero-order chi connectivity index (χ0) is 19.6. The molecule has 1 aliphatic rings. The third-order valence-corrected chi connectivity index (χ3v) is 5.35. The minimum atomic E-state index is -0.0727. The van der Waals surface area contributed by atoms with Crippen LogP contribution in [0.4, 0.5) is 0 Å². The Balaban J connectivity index is 1.78. The monoisotopic (exact) mass is 395 g/mol. The maximum atomic E-state index is 12.2. The summed E-state index contributed by atoms with van der Waals surface area (Å²) in [6.07, 6.45) is 0. The van der Waals surface area contributed by atoms with Gasteiger partial charge in [0, 0.05) is 25.2 Å². The fourth-order valence-corrected chi connectivity index (χ4v) is 3.66. The van der Waals surface area contributed by atoms with E-state index >= 15 is 0 Å². The van der Waals surface area contributed by atoms with Gasteiger partial charge in [0.25, 0.3) is 0 Å². The van der Waals surface area contributed by atoms with E-state index in [2.05, 4.69) is 5.32 Å². The van der Waals surface area contributed by atoms with Gasteiger partial charge in [0.15, 0.2) is 0 Å². The van der Waals surface area contributed by atoms with Crippen LogP contribution in [0.15, 0.2) is 24.3 Å². The number of nitrogens with zero attached hydrogens (tertiary/aromatic N) is 2. The van der Waals surface area contributed by atoms with Crippen LogP contribution in [0.25, 0.3) is 0 Å². The number of thioether (sulfide) groups is 1. The summed E-state index contributed by atoms with van der Waals surface area (Å²) >= 11 is 1.34. The summed E-state index contributed by atoms with van der Waals surface area (Å²) in [5.74, 6) is 1.38. The van der Waals surface area contributed by atoms with Gasteiger partial charge in [-0.05, 0) is 20.2 Å². The molecule has 0 bridgehead atoms. The third-order valence-electron chi connectivity index (χ3n) is 4.44. The zero-order valence-corrected chi connectivity index (χ0v) is 17.1. The number of methoxy groups -OCH3 is 1. The standard InChI is InChI=1S/C19H29N3O4S/c1-21(2)16(15-6-4-5-7-17(15)25-3)12-20-18(23)13-27-14-19(24)22-8-10-26-11-9-22/h4-7,16H,8-14H2,1-3H3,(H,20,23). The van der Waals surface area contributed by atoms with Gasteiger partial charge in [-0.25, -0.2) is 0 Å². The fraction of sp³-hybridized carbons (Fsp3) is 0.579. The molecule has 1 fully saturated rings. The van der Waals surface area contributed by atoms with E-state index in [9.17, 15) is 9.59 Å². The first-order valence-electron chi connectivity index (χ1n) is 9.02. The van der Waals surface area contributed by atoms with Gasteiger partial charge >= 0.3 is 0 Å². The van der Waals surface area contributed by atoms with Gasteiger partial charge in [0.1, 0.15) is 5.75 Å². The van der Waals surface area contributed by atoms with Crippen LogP contribution in [0.5, 0.6) is 5.75 Å². The molecular formula is C19H29N3O4S. The quantitative estimate of drug-likeness (QED) is 0.673. The van der Waals surface area contributed by atoms with Gasteiger partial charge in [0.05, 0.1) is 37.9 Å². The number of ether oxygens (including phenoxy) is 2. The Kier molecular flexibility index (Phi) is 8.90. The highest BCUT2D eigenvalue weighted by molar-refractivity contribution is 8.00. The predicted molar refractivity (Wildman–Crippen MR) is 107 cm³/mol. The number of carbonyl (C=O) groups excluding carboxylic acids is 2. The van der Waals surface area contributed by atoms with Crippen LogP contribution in [-0.4, -0.2) is 87.2 Å². The van der Waals surface area contributed by atoms with E-state index in [4.69, 9.17) is 9.47 Å². The molecule has 0 spiro atoms. The van der Waals surface area contributed by atoms with Gasteiger partial charge in [-0.2, -0.15) is 0 Å². The lowest BCUT2D eigenvalue weighted by molar-refractivity contribution is -0.132. The lowest BCUT2D eigenvalue weighted by Gasteiger charge is -2.27. The van der Waals surface area contributed by atoms with E-state index in [0.717, 1.165) is 11.3 Å². The molecule has 0 aliphatic carbocycles. The number of hydrogen-bond donors (Lipinski definition) is 1. The van der Waals surface area contributed by atoms with E-state index in [0.29, 0.717) is 38.6 Å². The predicted octanol–water partition coefficient (Wildman–Crippen LogP) is 1.01. The molecule has 2 rings (SSSR count). The van der Waals surface area contributed by atoms with Crippen molar-refractivity contribution < 1.29 is 19.1 Å².